The summed E-state index contributed by atoms with van der Waals surface area (Å²) >= 11 is 7.60. The number of amides is 1. The lowest BCUT2D eigenvalue weighted by Crippen LogP contribution is -2.37. The lowest BCUT2D eigenvalue weighted by atomic mass is 10.1. The Kier molecular flexibility index (Phi) is 5.13. The molecule has 1 heterocycles. The van der Waals surface area contributed by atoms with E-state index in [4.69, 9.17) is 11.6 Å². The summed E-state index contributed by atoms with van der Waals surface area (Å²) in [5, 5.41) is 9.07. The van der Waals surface area contributed by atoms with Gasteiger partial charge in [0.05, 0.1) is 12.6 Å². The van der Waals surface area contributed by atoms with Gasteiger partial charge in [0.1, 0.15) is 0 Å². The number of benzene rings is 1. The number of nitrogens with one attached hydrogen (secondary N) is 2. The third kappa shape index (κ3) is 4.32. The predicted molar refractivity (Wildman–Crippen MR) is 91.4 cm³/mol. The van der Waals surface area contributed by atoms with Crippen LogP contribution in [0.5, 0.6) is 0 Å². The number of carbonyl (C=O) groups excluding carboxylic acids is 1. The Labute approximate surface area is 139 Å². The molecule has 1 amide bonds. The van der Waals surface area contributed by atoms with E-state index in [0.717, 1.165) is 22.9 Å². The van der Waals surface area contributed by atoms with Crippen molar-refractivity contribution in [3.63, 3.8) is 0 Å². The topological polar surface area (TPSA) is 41.1 Å². The van der Waals surface area contributed by atoms with Crippen molar-refractivity contribution in [2.24, 2.45) is 5.92 Å². The van der Waals surface area contributed by atoms with Crippen LogP contribution in [0.2, 0.25) is 5.02 Å². The zero-order valence-corrected chi connectivity index (χ0v) is 13.8. The van der Waals surface area contributed by atoms with Crippen molar-refractivity contribution in [3.05, 3.63) is 57.2 Å². The van der Waals surface area contributed by atoms with Crippen molar-refractivity contribution in [1.82, 2.24) is 10.6 Å². The van der Waals surface area contributed by atoms with E-state index in [2.05, 4.69) is 10.6 Å². The molecule has 0 aliphatic heterocycles. The van der Waals surface area contributed by atoms with E-state index in [1.807, 2.05) is 41.8 Å². The van der Waals surface area contributed by atoms with Crippen LogP contribution in [0, 0.1) is 5.92 Å². The summed E-state index contributed by atoms with van der Waals surface area (Å²) in [6, 6.07) is 11.6. The van der Waals surface area contributed by atoms with Crippen molar-refractivity contribution in [2.45, 2.75) is 18.9 Å². The van der Waals surface area contributed by atoms with Gasteiger partial charge in [-0.1, -0.05) is 29.8 Å². The summed E-state index contributed by atoms with van der Waals surface area (Å²) < 4.78 is 0. The first kappa shape index (κ1) is 15.5. The van der Waals surface area contributed by atoms with Crippen molar-refractivity contribution in [1.29, 1.82) is 0 Å². The monoisotopic (exact) mass is 334 g/mol. The summed E-state index contributed by atoms with van der Waals surface area (Å²) in [6.07, 6.45) is 2.58. The highest BCUT2D eigenvalue weighted by Gasteiger charge is 2.21. The van der Waals surface area contributed by atoms with Crippen LogP contribution in [-0.2, 0) is 4.79 Å². The summed E-state index contributed by atoms with van der Waals surface area (Å²) in [6.45, 7) is 1.31. The van der Waals surface area contributed by atoms with E-state index >= 15 is 0 Å². The Morgan fingerprint density at radius 3 is 2.68 bits per heavy atom. The van der Waals surface area contributed by atoms with Gasteiger partial charge < -0.3 is 10.6 Å². The molecule has 1 aromatic heterocycles. The minimum Gasteiger partial charge on any atom is -0.343 e. The summed E-state index contributed by atoms with van der Waals surface area (Å²) in [4.78, 5) is 13.3. The number of rotatable bonds is 7. The minimum absolute atomic E-state index is 0.0222. The molecule has 1 aliphatic rings. The molecule has 22 heavy (non-hydrogen) atoms. The molecule has 0 saturated heterocycles. The van der Waals surface area contributed by atoms with Crippen LogP contribution in [0.25, 0.3) is 0 Å². The molecule has 5 heteroatoms. The molecule has 1 atom stereocenters. The van der Waals surface area contributed by atoms with Gasteiger partial charge >= 0.3 is 0 Å². The highest BCUT2D eigenvalue weighted by atomic mass is 35.5. The van der Waals surface area contributed by atoms with Gasteiger partial charge in [-0.3, -0.25) is 4.79 Å². The van der Waals surface area contributed by atoms with Crippen molar-refractivity contribution in [2.75, 3.05) is 13.1 Å². The Balaban J connectivity index is 1.65. The second kappa shape index (κ2) is 7.27. The SMILES string of the molecule is O=C(CNCC1CC1)NC(c1ccc(Cl)cc1)c1cccs1. The van der Waals surface area contributed by atoms with E-state index in [-0.39, 0.29) is 11.9 Å². The third-order valence-electron chi connectivity index (χ3n) is 3.75. The summed E-state index contributed by atoms with van der Waals surface area (Å²) in [7, 11) is 0. The fourth-order valence-electron chi connectivity index (χ4n) is 2.35. The molecule has 1 aromatic carbocycles. The van der Waals surface area contributed by atoms with Gasteiger partial charge in [0.2, 0.25) is 5.91 Å². The van der Waals surface area contributed by atoms with Crippen LogP contribution in [0.15, 0.2) is 41.8 Å². The maximum Gasteiger partial charge on any atom is 0.234 e. The van der Waals surface area contributed by atoms with E-state index in [1.54, 1.807) is 11.3 Å². The standard InChI is InChI=1S/C17H19ClN2OS/c18-14-7-5-13(6-8-14)17(15-2-1-9-22-15)20-16(21)11-19-10-12-3-4-12/h1-2,5-9,12,17,19H,3-4,10-11H2,(H,20,21). The average Bonchev–Trinajstić information content (AvgIpc) is 3.17. The number of halogens is 1. The van der Waals surface area contributed by atoms with Gasteiger partial charge in [0.25, 0.3) is 0 Å². The molecule has 2 N–H and O–H groups in total. The molecule has 3 rings (SSSR count). The lowest BCUT2D eigenvalue weighted by molar-refractivity contribution is -0.120. The van der Waals surface area contributed by atoms with Crippen LogP contribution < -0.4 is 10.6 Å². The van der Waals surface area contributed by atoms with Gasteiger partial charge in [-0.05, 0) is 54.4 Å². The molecule has 0 radical (unpaired) electrons. The quantitative estimate of drug-likeness (QED) is 0.812. The first-order valence-corrected chi connectivity index (χ1v) is 8.77. The molecule has 0 bridgehead atoms. The van der Waals surface area contributed by atoms with E-state index < -0.39 is 0 Å². The van der Waals surface area contributed by atoms with Crippen LogP contribution in [0.3, 0.4) is 0 Å². The number of hydrogen-bond donors (Lipinski definition) is 2. The second-order valence-corrected chi connectivity index (χ2v) is 7.06. The van der Waals surface area contributed by atoms with E-state index in [1.165, 1.54) is 12.8 Å². The summed E-state index contributed by atoms with van der Waals surface area (Å²) in [5.41, 5.74) is 1.04. The normalized spacial score (nSPS) is 15.5. The number of carbonyl (C=O) groups is 1. The van der Waals surface area contributed by atoms with Crippen LogP contribution in [0.4, 0.5) is 0 Å². The van der Waals surface area contributed by atoms with Gasteiger partial charge in [-0.15, -0.1) is 11.3 Å². The molecule has 1 unspecified atom stereocenters. The fraction of sp³-hybridized carbons (Fsp3) is 0.353. The predicted octanol–water partition coefficient (Wildman–Crippen LogP) is 3.61. The summed E-state index contributed by atoms with van der Waals surface area (Å²) in [5.74, 6) is 0.797. The first-order chi connectivity index (χ1) is 10.7. The molecule has 1 saturated carbocycles. The maximum absolute atomic E-state index is 12.2. The molecule has 2 aromatic rings. The van der Waals surface area contributed by atoms with Gasteiger partial charge in [0, 0.05) is 9.90 Å². The Morgan fingerprint density at radius 2 is 2.05 bits per heavy atom. The zero-order valence-electron chi connectivity index (χ0n) is 12.2. The van der Waals surface area contributed by atoms with Crippen molar-refractivity contribution < 1.29 is 4.79 Å². The maximum atomic E-state index is 12.2. The molecular weight excluding hydrogens is 316 g/mol. The van der Waals surface area contributed by atoms with E-state index in [0.29, 0.717) is 11.6 Å². The lowest BCUT2D eigenvalue weighted by Gasteiger charge is -2.18. The number of thiophene rings is 1. The smallest absolute Gasteiger partial charge is 0.234 e. The Hall–Kier alpha value is -1.36. The first-order valence-electron chi connectivity index (χ1n) is 7.51. The van der Waals surface area contributed by atoms with Gasteiger partial charge in [-0.25, -0.2) is 0 Å². The second-order valence-electron chi connectivity index (χ2n) is 5.64. The van der Waals surface area contributed by atoms with Gasteiger partial charge in [0.15, 0.2) is 0 Å². The van der Waals surface area contributed by atoms with E-state index in [9.17, 15) is 4.79 Å². The number of hydrogen-bond acceptors (Lipinski definition) is 3. The largest absolute Gasteiger partial charge is 0.343 e. The minimum atomic E-state index is -0.118. The van der Waals surface area contributed by atoms with Crippen LogP contribution >= 0.6 is 22.9 Å². The molecule has 1 fully saturated rings. The van der Waals surface area contributed by atoms with Crippen molar-refractivity contribution >= 4 is 28.8 Å². The Bertz CT molecular complexity index is 608. The fourth-order valence-corrected chi connectivity index (χ4v) is 3.28. The highest BCUT2D eigenvalue weighted by molar-refractivity contribution is 7.10. The highest BCUT2D eigenvalue weighted by Crippen LogP contribution is 2.28. The molecule has 0 spiro atoms. The molecular formula is C17H19ClN2OS. The van der Waals surface area contributed by atoms with Gasteiger partial charge in [-0.2, -0.15) is 0 Å². The average molecular weight is 335 g/mol. The third-order valence-corrected chi connectivity index (χ3v) is 4.94. The molecule has 1 aliphatic carbocycles. The molecule has 116 valence electrons. The molecule has 3 nitrogen and oxygen atoms in total. The van der Waals surface area contributed by atoms with Crippen molar-refractivity contribution in [3.8, 4) is 0 Å². The van der Waals surface area contributed by atoms with Crippen LogP contribution in [-0.4, -0.2) is 19.0 Å². The van der Waals surface area contributed by atoms with Crippen LogP contribution in [0.1, 0.15) is 29.3 Å². The zero-order chi connectivity index (χ0) is 15.4. The Morgan fingerprint density at radius 1 is 1.27 bits per heavy atom.